The number of nitrogens with zero attached hydrogens (tertiary/aromatic N) is 1. The lowest BCUT2D eigenvalue weighted by Crippen LogP contribution is -2.36. The molecule has 158 valence electrons. The lowest BCUT2D eigenvalue weighted by Gasteiger charge is -2.31. The molecule has 4 rings (SSSR count). The maximum absolute atomic E-state index is 13.0. The molecule has 1 N–H and O–H groups in total. The van der Waals surface area contributed by atoms with Gasteiger partial charge in [0.25, 0.3) is 5.91 Å². The maximum Gasteiger partial charge on any atom is 0.254 e. The Kier molecular flexibility index (Phi) is 5.90. The Morgan fingerprint density at radius 1 is 0.935 bits per heavy atom. The Hall–Kier alpha value is -3.40. The van der Waals surface area contributed by atoms with E-state index in [1.54, 1.807) is 0 Å². The van der Waals surface area contributed by atoms with E-state index in [1.165, 1.54) is 16.7 Å². The first-order valence-corrected chi connectivity index (χ1v) is 10.8. The molecule has 0 bridgehead atoms. The first kappa shape index (κ1) is 20.9. The molecule has 4 heteroatoms. The van der Waals surface area contributed by atoms with Crippen LogP contribution in [0.1, 0.15) is 40.9 Å². The molecule has 0 aromatic heterocycles. The number of carbonyl (C=O) groups excluding carboxylic acids is 2. The van der Waals surface area contributed by atoms with Crippen molar-refractivity contribution >= 4 is 17.5 Å². The van der Waals surface area contributed by atoms with Crippen LogP contribution in [0.5, 0.6) is 0 Å². The van der Waals surface area contributed by atoms with Gasteiger partial charge >= 0.3 is 0 Å². The predicted molar refractivity (Wildman–Crippen MR) is 125 cm³/mol. The molecule has 0 saturated heterocycles. The van der Waals surface area contributed by atoms with Crippen LogP contribution in [0.2, 0.25) is 0 Å². The molecule has 2 amide bonds. The molecule has 0 unspecified atom stereocenters. The van der Waals surface area contributed by atoms with Gasteiger partial charge in [0.15, 0.2) is 0 Å². The molecule has 1 aliphatic heterocycles. The van der Waals surface area contributed by atoms with Crippen molar-refractivity contribution in [3.63, 3.8) is 0 Å². The zero-order valence-corrected chi connectivity index (χ0v) is 18.3. The molecule has 1 heterocycles. The Bertz CT molecular complexity index is 1120. The van der Waals surface area contributed by atoms with Crippen molar-refractivity contribution in [2.24, 2.45) is 5.92 Å². The highest BCUT2D eigenvalue weighted by Crippen LogP contribution is 2.35. The number of nitrogens with one attached hydrogen (secondary N) is 1. The second kappa shape index (κ2) is 8.76. The minimum Gasteiger partial charge on any atom is -0.334 e. The molecule has 0 atom stereocenters. The van der Waals surface area contributed by atoms with Crippen molar-refractivity contribution in [1.82, 2.24) is 4.90 Å². The van der Waals surface area contributed by atoms with Crippen LogP contribution >= 0.6 is 0 Å². The zero-order chi connectivity index (χ0) is 22.0. The quantitative estimate of drug-likeness (QED) is 0.619. The van der Waals surface area contributed by atoms with Gasteiger partial charge in [-0.1, -0.05) is 56.3 Å². The number of hydrogen-bond donors (Lipinski definition) is 1. The first-order valence-electron chi connectivity index (χ1n) is 10.8. The summed E-state index contributed by atoms with van der Waals surface area (Å²) in [7, 11) is 0. The van der Waals surface area contributed by atoms with Crippen LogP contribution in [-0.4, -0.2) is 23.3 Å². The molecule has 0 aliphatic carbocycles. The second-order valence-corrected chi connectivity index (χ2v) is 8.46. The summed E-state index contributed by atoms with van der Waals surface area (Å²) < 4.78 is 0. The predicted octanol–water partition coefficient (Wildman–Crippen LogP) is 5.46. The van der Waals surface area contributed by atoms with Crippen molar-refractivity contribution < 1.29 is 9.59 Å². The van der Waals surface area contributed by atoms with E-state index in [4.69, 9.17) is 0 Å². The topological polar surface area (TPSA) is 49.4 Å². The third-order valence-corrected chi connectivity index (χ3v) is 5.87. The van der Waals surface area contributed by atoms with Crippen molar-refractivity contribution in [3.05, 3.63) is 89.0 Å². The van der Waals surface area contributed by atoms with E-state index in [9.17, 15) is 9.59 Å². The second-order valence-electron chi connectivity index (χ2n) is 8.46. The van der Waals surface area contributed by atoms with Gasteiger partial charge in [0.2, 0.25) is 5.91 Å². The fraction of sp³-hybridized carbons (Fsp3) is 0.259. The lowest BCUT2D eigenvalue weighted by atomic mass is 9.88. The van der Waals surface area contributed by atoms with Gasteiger partial charge in [-0.15, -0.1) is 0 Å². The molecule has 0 fully saturated rings. The Morgan fingerprint density at radius 3 is 2.35 bits per heavy atom. The molecule has 0 saturated carbocycles. The summed E-state index contributed by atoms with van der Waals surface area (Å²) in [4.78, 5) is 27.3. The van der Waals surface area contributed by atoms with Crippen LogP contribution in [0.25, 0.3) is 11.1 Å². The molecule has 3 aromatic rings. The monoisotopic (exact) mass is 412 g/mol. The molecule has 0 spiro atoms. The summed E-state index contributed by atoms with van der Waals surface area (Å²) >= 11 is 0. The standard InChI is InChI=1S/C27H28N2O2/c1-18(2)26(30)28-22-15-21-17-29(27(31)20-10-5-4-6-11-20)14-13-24(21)25(16-22)23-12-8-7-9-19(23)3/h4-12,15-16,18H,13-14,17H2,1-3H3,(H,28,30). The van der Waals surface area contributed by atoms with Gasteiger partial charge in [0.05, 0.1) is 0 Å². The van der Waals surface area contributed by atoms with E-state index in [1.807, 2.05) is 67.3 Å². The molecule has 4 nitrogen and oxygen atoms in total. The summed E-state index contributed by atoms with van der Waals surface area (Å²) in [5.74, 6) is -0.0712. The van der Waals surface area contributed by atoms with Crippen LogP contribution in [0.15, 0.2) is 66.7 Å². The third-order valence-electron chi connectivity index (χ3n) is 5.87. The summed E-state index contributed by atoms with van der Waals surface area (Å²) in [6.07, 6.45) is 0.788. The number of benzene rings is 3. The fourth-order valence-corrected chi connectivity index (χ4v) is 4.11. The minimum absolute atomic E-state index is 0.0105. The number of rotatable bonds is 4. The van der Waals surface area contributed by atoms with E-state index in [0.29, 0.717) is 18.7 Å². The smallest absolute Gasteiger partial charge is 0.254 e. The number of amides is 2. The summed E-state index contributed by atoms with van der Waals surface area (Å²) in [5.41, 5.74) is 7.34. The van der Waals surface area contributed by atoms with Gasteiger partial charge in [-0.3, -0.25) is 9.59 Å². The highest BCUT2D eigenvalue weighted by Gasteiger charge is 2.25. The Balaban J connectivity index is 1.74. The van der Waals surface area contributed by atoms with E-state index in [2.05, 4.69) is 30.4 Å². The zero-order valence-electron chi connectivity index (χ0n) is 18.3. The van der Waals surface area contributed by atoms with Crippen LogP contribution in [0.3, 0.4) is 0 Å². The molecular weight excluding hydrogens is 384 g/mol. The van der Waals surface area contributed by atoms with Gasteiger partial charge < -0.3 is 10.2 Å². The largest absolute Gasteiger partial charge is 0.334 e. The number of anilines is 1. The third kappa shape index (κ3) is 4.38. The normalized spacial score (nSPS) is 13.1. The van der Waals surface area contributed by atoms with E-state index >= 15 is 0 Å². The molecular formula is C27H28N2O2. The van der Waals surface area contributed by atoms with Crippen LogP contribution in [0.4, 0.5) is 5.69 Å². The van der Waals surface area contributed by atoms with E-state index < -0.39 is 0 Å². The Labute approximate surface area is 183 Å². The van der Waals surface area contributed by atoms with Crippen LogP contribution < -0.4 is 5.32 Å². The molecule has 3 aromatic carbocycles. The van der Waals surface area contributed by atoms with Crippen LogP contribution in [0, 0.1) is 12.8 Å². The number of fused-ring (bicyclic) bond motifs is 1. The Morgan fingerprint density at radius 2 is 1.65 bits per heavy atom. The van der Waals surface area contributed by atoms with Crippen molar-refractivity contribution in [2.45, 2.75) is 33.7 Å². The molecule has 1 aliphatic rings. The van der Waals surface area contributed by atoms with Gasteiger partial charge in [0.1, 0.15) is 0 Å². The summed E-state index contributed by atoms with van der Waals surface area (Å²) in [6, 6.07) is 21.8. The number of hydrogen-bond acceptors (Lipinski definition) is 2. The molecule has 0 radical (unpaired) electrons. The van der Waals surface area contributed by atoms with Crippen molar-refractivity contribution in [1.29, 1.82) is 0 Å². The average molecular weight is 413 g/mol. The highest BCUT2D eigenvalue weighted by atomic mass is 16.2. The maximum atomic E-state index is 13.0. The van der Waals surface area contributed by atoms with Crippen molar-refractivity contribution in [2.75, 3.05) is 11.9 Å². The SMILES string of the molecule is Cc1ccccc1-c1cc(NC(=O)C(C)C)cc2c1CCN(C(=O)c1ccccc1)C2. The van der Waals surface area contributed by atoms with Gasteiger partial charge in [-0.2, -0.15) is 0 Å². The minimum atomic E-state index is -0.103. The highest BCUT2D eigenvalue weighted by molar-refractivity contribution is 5.95. The first-order chi connectivity index (χ1) is 14.9. The van der Waals surface area contributed by atoms with E-state index in [0.717, 1.165) is 23.2 Å². The van der Waals surface area contributed by atoms with Gasteiger partial charge in [-0.25, -0.2) is 0 Å². The number of carbonyl (C=O) groups is 2. The summed E-state index contributed by atoms with van der Waals surface area (Å²) in [5, 5.41) is 3.05. The average Bonchev–Trinajstić information content (AvgIpc) is 2.78. The fourth-order valence-electron chi connectivity index (χ4n) is 4.11. The van der Waals surface area contributed by atoms with Gasteiger partial charge in [-0.05, 0) is 65.4 Å². The number of aryl methyl sites for hydroxylation is 1. The van der Waals surface area contributed by atoms with Crippen LogP contribution in [-0.2, 0) is 17.8 Å². The van der Waals surface area contributed by atoms with Crippen molar-refractivity contribution in [3.8, 4) is 11.1 Å². The summed E-state index contributed by atoms with van der Waals surface area (Å²) in [6.45, 7) is 7.09. The van der Waals surface area contributed by atoms with Gasteiger partial charge in [0, 0.05) is 30.3 Å². The van der Waals surface area contributed by atoms with E-state index in [-0.39, 0.29) is 17.7 Å². The lowest BCUT2D eigenvalue weighted by molar-refractivity contribution is -0.118. The molecule has 31 heavy (non-hydrogen) atoms.